The van der Waals surface area contributed by atoms with E-state index in [2.05, 4.69) is 10.3 Å². The molecule has 1 fully saturated rings. The van der Waals surface area contributed by atoms with Crippen LogP contribution in [-0.2, 0) is 24.1 Å². The van der Waals surface area contributed by atoms with Crippen molar-refractivity contribution in [1.29, 1.82) is 0 Å². The molecule has 1 aliphatic rings. The maximum Gasteiger partial charge on any atom is 0.332 e. The van der Waals surface area contributed by atoms with E-state index in [0.717, 1.165) is 10.1 Å². The Kier molecular flexibility index (Phi) is 5.93. The highest BCUT2D eigenvalue weighted by Gasteiger charge is 2.30. The summed E-state index contributed by atoms with van der Waals surface area (Å²) in [6.07, 6.45) is 2.26. The monoisotopic (exact) mass is 471 g/mol. The molecule has 4 rings (SSSR count). The van der Waals surface area contributed by atoms with Crippen LogP contribution in [0.15, 0.2) is 51.0 Å². The largest absolute Gasteiger partial charge is 0.349 e. The van der Waals surface area contributed by atoms with E-state index in [1.165, 1.54) is 35.2 Å². The van der Waals surface area contributed by atoms with E-state index in [4.69, 9.17) is 0 Å². The maximum atomic E-state index is 12.9. The van der Waals surface area contributed by atoms with Gasteiger partial charge in [0.25, 0.3) is 11.5 Å². The number of amides is 1. The minimum atomic E-state index is -3.58. The molecule has 0 aliphatic carbocycles. The fraction of sp³-hybridized carbons (Fsp3) is 0.364. The van der Waals surface area contributed by atoms with Gasteiger partial charge < -0.3 is 5.32 Å². The molecule has 1 saturated heterocycles. The number of sulfonamides is 1. The Balaban J connectivity index is 1.46. The van der Waals surface area contributed by atoms with E-state index in [0.29, 0.717) is 25.9 Å². The summed E-state index contributed by atoms with van der Waals surface area (Å²) in [7, 11) is -0.698. The highest BCUT2D eigenvalue weighted by atomic mass is 32.2. The lowest BCUT2D eigenvalue weighted by Gasteiger charge is -2.31. The van der Waals surface area contributed by atoms with Crippen molar-refractivity contribution in [2.24, 2.45) is 14.1 Å². The Bertz CT molecular complexity index is 1450. The first-order chi connectivity index (χ1) is 15.6. The molecule has 174 valence electrons. The maximum absolute atomic E-state index is 12.9. The van der Waals surface area contributed by atoms with Crippen LogP contribution in [0.2, 0.25) is 0 Å². The molecule has 1 aromatic carbocycles. The Morgan fingerprint density at radius 3 is 2.33 bits per heavy atom. The number of nitrogens with zero attached hydrogens (tertiary/aromatic N) is 4. The Labute approximate surface area is 190 Å². The van der Waals surface area contributed by atoms with Crippen LogP contribution in [0.4, 0.5) is 0 Å². The molecule has 0 spiro atoms. The molecule has 0 radical (unpaired) electrons. The molecule has 1 N–H and O–H groups in total. The summed E-state index contributed by atoms with van der Waals surface area (Å²) < 4.78 is 29.4. The van der Waals surface area contributed by atoms with Crippen molar-refractivity contribution in [3.8, 4) is 0 Å². The number of benzene rings is 1. The van der Waals surface area contributed by atoms with Crippen molar-refractivity contribution in [2.45, 2.75) is 30.7 Å². The second-order valence-electron chi connectivity index (χ2n) is 8.27. The van der Waals surface area contributed by atoms with E-state index >= 15 is 0 Å². The Morgan fingerprint density at radius 1 is 1.06 bits per heavy atom. The number of carbonyl (C=O) groups excluding carboxylic acids is 1. The summed E-state index contributed by atoms with van der Waals surface area (Å²) >= 11 is 0. The van der Waals surface area contributed by atoms with E-state index in [1.807, 2.05) is 6.92 Å². The zero-order valence-corrected chi connectivity index (χ0v) is 19.4. The number of carbonyl (C=O) groups is 1. The first-order valence-electron chi connectivity index (χ1n) is 10.5. The third-order valence-electron chi connectivity index (χ3n) is 6.00. The van der Waals surface area contributed by atoms with Crippen molar-refractivity contribution in [3.63, 3.8) is 0 Å². The minimum absolute atomic E-state index is 0.172. The van der Waals surface area contributed by atoms with Gasteiger partial charge in [-0.1, -0.05) is 17.7 Å². The zero-order valence-electron chi connectivity index (χ0n) is 18.6. The summed E-state index contributed by atoms with van der Waals surface area (Å²) in [5.74, 6) is -0.403. The quantitative estimate of drug-likeness (QED) is 0.592. The second kappa shape index (κ2) is 8.56. The van der Waals surface area contributed by atoms with Gasteiger partial charge in [-0.3, -0.25) is 18.7 Å². The van der Waals surface area contributed by atoms with Crippen LogP contribution in [0, 0.1) is 6.92 Å². The van der Waals surface area contributed by atoms with Gasteiger partial charge in [-0.25, -0.2) is 18.2 Å². The van der Waals surface area contributed by atoms with Crippen LogP contribution in [0.5, 0.6) is 0 Å². The lowest BCUT2D eigenvalue weighted by Crippen LogP contribution is -2.46. The minimum Gasteiger partial charge on any atom is -0.349 e. The Morgan fingerprint density at radius 2 is 1.70 bits per heavy atom. The van der Waals surface area contributed by atoms with E-state index in [-0.39, 0.29) is 27.5 Å². The summed E-state index contributed by atoms with van der Waals surface area (Å²) in [6, 6.07) is 7.96. The fourth-order valence-electron chi connectivity index (χ4n) is 3.96. The van der Waals surface area contributed by atoms with Gasteiger partial charge in [0.15, 0.2) is 0 Å². The van der Waals surface area contributed by atoms with Crippen molar-refractivity contribution in [3.05, 3.63) is 68.5 Å². The van der Waals surface area contributed by atoms with Crippen molar-refractivity contribution >= 4 is 27.0 Å². The number of rotatable bonds is 4. The average molecular weight is 472 g/mol. The molecule has 3 heterocycles. The van der Waals surface area contributed by atoms with Crippen molar-refractivity contribution in [2.75, 3.05) is 13.1 Å². The lowest BCUT2D eigenvalue weighted by atomic mass is 10.1. The smallest absolute Gasteiger partial charge is 0.332 e. The van der Waals surface area contributed by atoms with E-state index in [9.17, 15) is 22.8 Å². The molecule has 3 aromatic rings. The van der Waals surface area contributed by atoms with Crippen LogP contribution in [0.1, 0.15) is 28.8 Å². The van der Waals surface area contributed by atoms with Gasteiger partial charge in [-0.05, 0) is 38.0 Å². The molecule has 1 amide bonds. The predicted octanol–water partition coefficient (Wildman–Crippen LogP) is 0.524. The predicted molar refractivity (Wildman–Crippen MR) is 123 cm³/mol. The van der Waals surface area contributed by atoms with Gasteiger partial charge in [0.2, 0.25) is 10.0 Å². The van der Waals surface area contributed by atoms with Crippen LogP contribution in [0.3, 0.4) is 0 Å². The lowest BCUT2D eigenvalue weighted by molar-refractivity contribution is 0.0923. The van der Waals surface area contributed by atoms with Gasteiger partial charge in [0, 0.05) is 39.4 Å². The van der Waals surface area contributed by atoms with Gasteiger partial charge in [0.1, 0.15) is 5.65 Å². The first-order valence-corrected chi connectivity index (χ1v) is 12.0. The number of fused-ring (bicyclic) bond motifs is 1. The van der Waals surface area contributed by atoms with Crippen LogP contribution in [-0.4, -0.2) is 51.9 Å². The third kappa shape index (κ3) is 4.21. The standard InChI is InChI=1S/C22H25N5O5S/c1-14-4-6-17(7-5-14)33(31,32)27-10-8-16(9-11-27)24-20(28)15-12-18-19(23-13-15)25(2)22(30)26(3)21(18)29/h4-7,12-13,16H,8-11H2,1-3H3,(H,24,28). The normalized spacial score (nSPS) is 15.6. The van der Waals surface area contributed by atoms with Gasteiger partial charge in [0.05, 0.1) is 15.8 Å². The number of hydrogen-bond acceptors (Lipinski definition) is 6. The highest BCUT2D eigenvalue weighted by Crippen LogP contribution is 2.21. The van der Waals surface area contributed by atoms with Crippen molar-refractivity contribution in [1.82, 2.24) is 23.7 Å². The third-order valence-corrected chi connectivity index (χ3v) is 7.92. The number of piperidine rings is 1. The molecule has 0 saturated carbocycles. The van der Waals surface area contributed by atoms with Gasteiger partial charge in [-0.15, -0.1) is 0 Å². The number of aryl methyl sites for hydroxylation is 2. The molecule has 11 heteroatoms. The number of aromatic nitrogens is 3. The fourth-order valence-corrected chi connectivity index (χ4v) is 5.43. The second-order valence-corrected chi connectivity index (χ2v) is 10.2. The van der Waals surface area contributed by atoms with E-state index < -0.39 is 27.2 Å². The van der Waals surface area contributed by atoms with Crippen molar-refractivity contribution < 1.29 is 13.2 Å². The molecule has 0 unspecified atom stereocenters. The van der Waals surface area contributed by atoms with Crippen LogP contribution in [0.25, 0.3) is 11.0 Å². The number of pyridine rings is 1. The molecular formula is C22H25N5O5S. The Hall–Kier alpha value is -3.31. The highest BCUT2D eigenvalue weighted by molar-refractivity contribution is 7.89. The van der Waals surface area contributed by atoms with Gasteiger partial charge >= 0.3 is 5.69 Å². The number of nitrogens with one attached hydrogen (secondary N) is 1. The topological polar surface area (TPSA) is 123 Å². The van der Waals surface area contributed by atoms with E-state index in [1.54, 1.807) is 24.3 Å². The van der Waals surface area contributed by atoms with Crippen LogP contribution >= 0.6 is 0 Å². The first kappa shape index (κ1) is 22.9. The summed E-state index contributed by atoms with van der Waals surface area (Å²) in [5, 5.41) is 3.07. The summed E-state index contributed by atoms with van der Waals surface area (Å²) in [6.45, 7) is 2.48. The SMILES string of the molecule is Cc1ccc(S(=O)(=O)N2CCC(NC(=O)c3cnc4c(c3)c(=O)n(C)c(=O)n4C)CC2)cc1. The molecule has 0 bridgehead atoms. The molecule has 10 nitrogen and oxygen atoms in total. The molecule has 33 heavy (non-hydrogen) atoms. The summed E-state index contributed by atoms with van der Waals surface area (Å²) in [4.78, 5) is 41.7. The number of hydrogen-bond donors (Lipinski definition) is 1. The molecule has 2 aromatic heterocycles. The average Bonchev–Trinajstić information content (AvgIpc) is 2.81. The molecule has 1 aliphatic heterocycles. The zero-order chi connectivity index (χ0) is 23.9. The summed E-state index contributed by atoms with van der Waals surface area (Å²) in [5.41, 5.74) is 0.371. The van der Waals surface area contributed by atoms with Crippen LogP contribution < -0.4 is 16.6 Å². The van der Waals surface area contributed by atoms with Gasteiger partial charge in [-0.2, -0.15) is 4.31 Å². The molecular weight excluding hydrogens is 446 g/mol. The molecule has 0 atom stereocenters.